The van der Waals surface area contributed by atoms with Crippen molar-refractivity contribution in [2.75, 3.05) is 5.32 Å². The Kier molecular flexibility index (Phi) is 4.40. The first-order valence-electron chi connectivity index (χ1n) is 8.85. The summed E-state index contributed by atoms with van der Waals surface area (Å²) in [7, 11) is -3.37. The fourth-order valence-corrected chi connectivity index (χ4v) is 6.00. The molecule has 0 saturated carbocycles. The predicted octanol–water partition coefficient (Wildman–Crippen LogP) is 3.08. The number of hydrogen-bond acceptors (Lipinski definition) is 4. The zero-order chi connectivity index (χ0) is 18.1. The SMILES string of the molecule is O=C(Nc1ccccn1)N1[C@@H]2CC[C@H]1CC(S(=O)(=O)c1ccccc1)C2. The van der Waals surface area contributed by atoms with Crippen LogP contribution in [0.25, 0.3) is 0 Å². The first-order valence-corrected chi connectivity index (χ1v) is 10.4. The van der Waals surface area contributed by atoms with Crippen molar-refractivity contribution in [1.82, 2.24) is 9.88 Å². The molecule has 2 fully saturated rings. The van der Waals surface area contributed by atoms with Gasteiger partial charge < -0.3 is 4.90 Å². The maximum absolute atomic E-state index is 12.9. The molecule has 3 atom stereocenters. The number of sulfone groups is 1. The molecule has 1 aromatic carbocycles. The van der Waals surface area contributed by atoms with Gasteiger partial charge in [-0.2, -0.15) is 0 Å². The van der Waals surface area contributed by atoms with Crippen LogP contribution in [-0.2, 0) is 9.84 Å². The molecule has 2 aromatic rings. The number of nitrogens with one attached hydrogen (secondary N) is 1. The van der Waals surface area contributed by atoms with Crippen molar-refractivity contribution in [1.29, 1.82) is 0 Å². The zero-order valence-electron chi connectivity index (χ0n) is 14.3. The van der Waals surface area contributed by atoms with E-state index < -0.39 is 15.1 Å². The van der Waals surface area contributed by atoms with E-state index in [1.54, 1.807) is 42.6 Å². The number of benzene rings is 1. The molecule has 3 heterocycles. The fourth-order valence-electron chi connectivity index (χ4n) is 4.13. The van der Waals surface area contributed by atoms with Crippen molar-refractivity contribution in [3.63, 3.8) is 0 Å². The molecule has 1 unspecified atom stereocenters. The maximum atomic E-state index is 12.9. The van der Waals surface area contributed by atoms with Crippen LogP contribution in [0.5, 0.6) is 0 Å². The van der Waals surface area contributed by atoms with Gasteiger partial charge in [-0.1, -0.05) is 24.3 Å². The highest BCUT2D eigenvalue weighted by atomic mass is 32.2. The first-order chi connectivity index (χ1) is 12.6. The second-order valence-electron chi connectivity index (χ2n) is 6.89. The third-order valence-electron chi connectivity index (χ3n) is 5.33. The summed E-state index contributed by atoms with van der Waals surface area (Å²) in [6.45, 7) is 0. The summed E-state index contributed by atoms with van der Waals surface area (Å²) in [5.74, 6) is 0.510. The van der Waals surface area contributed by atoms with Crippen LogP contribution in [-0.4, -0.2) is 41.7 Å². The van der Waals surface area contributed by atoms with E-state index in [2.05, 4.69) is 10.3 Å². The monoisotopic (exact) mass is 371 g/mol. The standard InChI is InChI=1S/C19H21N3O3S/c23-19(21-18-8-4-5-11-20-18)22-14-9-10-15(22)13-17(12-14)26(24,25)16-6-2-1-3-7-16/h1-8,11,14-15,17H,9-10,12-13H2,(H,20,21,23)/t14-,15+,17?. The minimum absolute atomic E-state index is 0.0408. The topological polar surface area (TPSA) is 79.4 Å². The number of fused-ring (bicyclic) bond motifs is 2. The molecule has 0 spiro atoms. The second-order valence-corrected chi connectivity index (χ2v) is 9.12. The highest BCUT2D eigenvalue weighted by Crippen LogP contribution is 2.40. The van der Waals surface area contributed by atoms with E-state index in [9.17, 15) is 13.2 Å². The lowest BCUT2D eigenvalue weighted by Gasteiger charge is -2.38. The minimum atomic E-state index is -3.37. The minimum Gasteiger partial charge on any atom is -0.318 e. The molecule has 1 aromatic heterocycles. The molecule has 2 aliphatic rings. The van der Waals surface area contributed by atoms with Crippen LogP contribution >= 0.6 is 0 Å². The summed E-state index contributed by atoms with van der Waals surface area (Å²) in [4.78, 5) is 19.0. The van der Waals surface area contributed by atoms with Gasteiger partial charge in [0.15, 0.2) is 9.84 Å². The van der Waals surface area contributed by atoms with Crippen LogP contribution in [0.2, 0.25) is 0 Å². The first kappa shape index (κ1) is 17.0. The van der Waals surface area contributed by atoms with Gasteiger partial charge in [0.2, 0.25) is 0 Å². The predicted molar refractivity (Wildman–Crippen MR) is 98.6 cm³/mol. The summed E-state index contributed by atoms with van der Waals surface area (Å²) in [5, 5.41) is 2.39. The lowest BCUT2D eigenvalue weighted by atomic mass is 10.0. The molecule has 2 aliphatic heterocycles. The molecular formula is C19H21N3O3S. The highest BCUT2D eigenvalue weighted by molar-refractivity contribution is 7.92. The van der Waals surface area contributed by atoms with Gasteiger partial charge in [0.05, 0.1) is 10.1 Å². The molecule has 4 rings (SSSR count). The van der Waals surface area contributed by atoms with E-state index in [1.165, 1.54) is 0 Å². The van der Waals surface area contributed by atoms with Gasteiger partial charge in [0, 0.05) is 18.3 Å². The quantitative estimate of drug-likeness (QED) is 0.899. The molecule has 2 amide bonds. The molecule has 2 bridgehead atoms. The molecule has 26 heavy (non-hydrogen) atoms. The van der Waals surface area contributed by atoms with Crippen LogP contribution < -0.4 is 5.32 Å². The van der Waals surface area contributed by atoms with E-state index in [-0.39, 0.29) is 18.1 Å². The Hall–Kier alpha value is -2.41. The summed E-state index contributed by atoms with van der Waals surface area (Å²) >= 11 is 0. The number of nitrogens with zero attached hydrogens (tertiary/aromatic N) is 2. The number of anilines is 1. The molecule has 1 N–H and O–H groups in total. The number of aromatic nitrogens is 1. The number of carbonyl (C=O) groups is 1. The average Bonchev–Trinajstić information content (AvgIpc) is 2.93. The van der Waals surface area contributed by atoms with Crippen molar-refractivity contribution < 1.29 is 13.2 Å². The summed E-state index contributed by atoms with van der Waals surface area (Å²) in [5.41, 5.74) is 0. The summed E-state index contributed by atoms with van der Waals surface area (Å²) in [6, 6.07) is 13.7. The number of pyridine rings is 1. The molecule has 6 nitrogen and oxygen atoms in total. The Morgan fingerprint density at radius 3 is 2.27 bits per heavy atom. The van der Waals surface area contributed by atoms with Crippen LogP contribution in [0, 0.1) is 0 Å². The number of piperidine rings is 1. The molecule has 136 valence electrons. The maximum Gasteiger partial charge on any atom is 0.323 e. The van der Waals surface area contributed by atoms with Crippen molar-refractivity contribution in [3.05, 3.63) is 54.7 Å². The fraction of sp³-hybridized carbons (Fsp3) is 0.368. The summed E-state index contributed by atoms with van der Waals surface area (Å²) < 4.78 is 25.9. The van der Waals surface area contributed by atoms with Crippen molar-refractivity contribution in [2.45, 2.75) is 47.9 Å². The zero-order valence-corrected chi connectivity index (χ0v) is 15.1. The van der Waals surface area contributed by atoms with E-state index in [0.717, 1.165) is 12.8 Å². The largest absolute Gasteiger partial charge is 0.323 e. The Morgan fingerprint density at radius 1 is 1.00 bits per heavy atom. The Labute approximate surface area is 153 Å². The van der Waals surface area contributed by atoms with Gasteiger partial charge in [0.25, 0.3) is 0 Å². The van der Waals surface area contributed by atoms with Gasteiger partial charge in [-0.3, -0.25) is 5.32 Å². The van der Waals surface area contributed by atoms with Crippen LogP contribution in [0.3, 0.4) is 0 Å². The molecular weight excluding hydrogens is 350 g/mol. The smallest absolute Gasteiger partial charge is 0.318 e. The molecule has 0 radical (unpaired) electrons. The number of rotatable bonds is 3. The van der Waals surface area contributed by atoms with Gasteiger partial charge in [0.1, 0.15) is 5.82 Å². The third-order valence-corrected chi connectivity index (χ3v) is 7.53. The van der Waals surface area contributed by atoms with Gasteiger partial charge in [-0.15, -0.1) is 0 Å². The van der Waals surface area contributed by atoms with E-state index in [4.69, 9.17) is 0 Å². The van der Waals surface area contributed by atoms with Gasteiger partial charge in [-0.25, -0.2) is 18.2 Å². The number of carbonyl (C=O) groups excluding carboxylic acids is 1. The van der Waals surface area contributed by atoms with Crippen LogP contribution in [0.15, 0.2) is 59.6 Å². The average molecular weight is 371 g/mol. The normalized spacial score (nSPS) is 25.1. The Morgan fingerprint density at radius 2 is 1.65 bits per heavy atom. The van der Waals surface area contributed by atoms with Gasteiger partial charge in [-0.05, 0) is 49.9 Å². The highest BCUT2D eigenvalue weighted by Gasteiger charge is 2.47. The van der Waals surface area contributed by atoms with Crippen LogP contribution in [0.1, 0.15) is 25.7 Å². The lowest BCUT2D eigenvalue weighted by molar-refractivity contribution is 0.159. The summed E-state index contributed by atoms with van der Waals surface area (Å²) in [6.07, 6.45) is 4.30. The number of urea groups is 1. The molecule has 7 heteroatoms. The van der Waals surface area contributed by atoms with E-state index >= 15 is 0 Å². The van der Waals surface area contributed by atoms with Crippen molar-refractivity contribution in [3.8, 4) is 0 Å². The molecule has 0 aliphatic carbocycles. The number of hydrogen-bond donors (Lipinski definition) is 1. The Bertz CT molecular complexity index is 873. The van der Waals surface area contributed by atoms with Crippen molar-refractivity contribution in [2.24, 2.45) is 0 Å². The van der Waals surface area contributed by atoms with Crippen molar-refractivity contribution >= 4 is 21.7 Å². The Balaban J connectivity index is 1.50. The van der Waals surface area contributed by atoms with Crippen LogP contribution in [0.4, 0.5) is 10.6 Å². The third kappa shape index (κ3) is 3.07. The van der Waals surface area contributed by atoms with E-state index in [1.807, 2.05) is 17.0 Å². The van der Waals surface area contributed by atoms with Gasteiger partial charge >= 0.3 is 6.03 Å². The lowest BCUT2D eigenvalue weighted by Crippen LogP contribution is -2.51. The van der Waals surface area contributed by atoms with E-state index in [0.29, 0.717) is 23.6 Å². The number of amides is 2. The molecule has 2 saturated heterocycles. The second kappa shape index (κ2) is 6.72.